The Kier molecular flexibility index (Phi) is 5.49. The van der Waals surface area contributed by atoms with Gasteiger partial charge in [0.05, 0.1) is 18.5 Å². The highest BCUT2D eigenvalue weighted by atomic mass is 127. The number of aromatic amines is 2. The van der Waals surface area contributed by atoms with Gasteiger partial charge in [-0.15, -0.1) is 0 Å². The Morgan fingerprint density at radius 3 is 2.61 bits per heavy atom. The number of aliphatic hydroxyl groups is 1. The lowest BCUT2D eigenvalue weighted by Crippen LogP contribution is -2.30. The molecule has 0 aliphatic heterocycles. The maximum absolute atomic E-state index is 14.4. The van der Waals surface area contributed by atoms with Gasteiger partial charge in [-0.25, -0.2) is 18.7 Å². The molecule has 5 rings (SSSR count). The van der Waals surface area contributed by atoms with Crippen molar-refractivity contribution in [1.29, 1.82) is 0 Å². The summed E-state index contributed by atoms with van der Waals surface area (Å²) < 4.78 is 21.9. The molecule has 0 radical (unpaired) electrons. The predicted octanol–water partition coefficient (Wildman–Crippen LogP) is 3.59. The number of rotatable bonds is 7. The van der Waals surface area contributed by atoms with Crippen LogP contribution in [0.3, 0.4) is 0 Å². The molecule has 0 unspecified atom stereocenters. The molecule has 0 saturated heterocycles. The highest BCUT2D eigenvalue weighted by Crippen LogP contribution is 2.50. The van der Waals surface area contributed by atoms with Crippen LogP contribution in [0.1, 0.15) is 18.7 Å². The zero-order chi connectivity index (χ0) is 23.2. The van der Waals surface area contributed by atoms with E-state index in [4.69, 9.17) is 9.84 Å². The zero-order valence-electron chi connectivity index (χ0n) is 17.3. The first-order chi connectivity index (χ1) is 15.9. The quantitative estimate of drug-likeness (QED) is 0.257. The summed E-state index contributed by atoms with van der Waals surface area (Å²) in [5.74, 6) is 0.502. The van der Waals surface area contributed by atoms with Crippen molar-refractivity contribution in [2.45, 2.75) is 18.4 Å². The minimum Gasteiger partial charge on any atom is -0.493 e. The Morgan fingerprint density at radius 1 is 1.18 bits per heavy atom. The summed E-state index contributed by atoms with van der Waals surface area (Å²) in [4.78, 5) is 23.2. The lowest BCUT2D eigenvalue weighted by molar-refractivity contribution is 0.201. The van der Waals surface area contributed by atoms with Crippen LogP contribution in [0.25, 0.3) is 22.5 Å². The molecular weight excluding hydrogens is 542 g/mol. The van der Waals surface area contributed by atoms with E-state index in [1.165, 1.54) is 10.6 Å². The second kappa shape index (κ2) is 8.34. The van der Waals surface area contributed by atoms with Gasteiger partial charge in [0, 0.05) is 14.7 Å². The number of benzene rings is 2. The SMILES string of the molecule is O=c1[nH]c(-c2ccc(OCCO)cc2)c(O)n1C1(c2ncc(-c3ccc(I)cc3F)[nH]2)CC1. The van der Waals surface area contributed by atoms with Crippen molar-refractivity contribution in [3.8, 4) is 34.1 Å². The highest BCUT2D eigenvalue weighted by Gasteiger charge is 2.52. The van der Waals surface area contributed by atoms with Crippen LogP contribution in [0.5, 0.6) is 11.6 Å². The number of nitrogens with one attached hydrogen (secondary N) is 2. The molecule has 0 bridgehead atoms. The molecule has 0 spiro atoms. The molecule has 10 heteroatoms. The van der Waals surface area contributed by atoms with Gasteiger partial charge in [0.15, 0.2) is 0 Å². The van der Waals surface area contributed by atoms with Crippen molar-refractivity contribution in [2.75, 3.05) is 13.2 Å². The van der Waals surface area contributed by atoms with Crippen molar-refractivity contribution in [3.05, 3.63) is 74.4 Å². The molecule has 170 valence electrons. The minimum atomic E-state index is -0.821. The first-order valence-electron chi connectivity index (χ1n) is 10.3. The Bertz CT molecular complexity index is 1370. The molecule has 1 aliphatic carbocycles. The van der Waals surface area contributed by atoms with E-state index in [2.05, 4.69) is 15.0 Å². The van der Waals surface area contributed by atoms with E-state index >= 15 is 0 Å². The summed E-state index contributed by atoms with van der Waals surface area (Å²) in [6.07, 6.45) is 2.75. The van der Waals surface area contributed by atoms with Crippen molar-refractivity contribution in [2.24, 2.45) is 0 Å². The van der Waals surface area contributed by atoms with Gasteiger partial charge < -0.3 is 24.9 Å². The van der Waals surface area contributed by atoms with Crippen LogP contribution in [-0.2, 0) is 5.54 Å². The van der Waals surface area contributed by atoms with E-state index in [0.717, 1.165) is 3.57 Å². The summed E-state index contributed by atoms with van der Waals surface area (Å²) in [7, 11) is 0. The minimum absolute atomic E-state index is 0.0918. The lowest BCUT2D eigenvalue weighted by atomic mass is 10.1. The van der Waals surface area contributed by atoms with E-state index in [9.17, 15) is 14.3 Å². The Morgan fingerprint density at radius 2 is 1.94 bits per heavy atom. The molecule has 4 N–H and O–H groups in total. The third-order valence-corrected chi connectivity index (χ3v) is 6.43. The smallest absolute Gasteiger partial charge is 0.329 e. The molecule has 33 heavy (non-hydrogen) atoms. The van der Waals surface area contributed by atoms with E-state index in [-0.39, 0.29) is 30.6 Å². The van der Waals surface area contributed by atoms with E-state index in [0.29, 0.717) is 41.2 Å². The van der Waals surface area contributed by atoms with E-state index < -0.39 is 11.2 Å². The van der Waals surface area contributed by atoms with Gasteiger partial charge >= 0.3 is 5.69 Å². The Hall–Kier alpha value is -3.12. The second-order valence-corrected chi connectivity index (χ2v) is 9.11. The van der Waals surface area contributed by atoms with Crippen LogP contribution in [0.4, 0.5) is 4.39 Å². The summed E-state index contributed by atoms with van der Waals surface area (Å²) in [5.41, 5.74) is 0.510. The number of hydrogen-bond donors (Lipinski definition) is 4. The number of hydrogen-bond acceptors (Lipinski definition) is 5. The van der Waals surface area contributed by atoms with Gasteiger partial charge in [0.2, 0.25) is 5.88 Å². The molecule has 8 nitrogen and oxygen atoms in total. The van der Waals surface area contributed by atoms with Crippen LogP contribution in [0.15, 0.2) is 53.5 Å². The molecule has 1 saturated carbocycles. The number of aromatic hydroxyl groups is 1. The first kappa shape index (κ1) is 21.7. The summed E-state index contributed by atoms with van der Waals surface area (Å²) in [6, 6.07) is 11.8. The normalized spacial score (nSPS) is 14.4. The number of aliphatic hydroxyl groups excluding tert-OH is 1. The first-order valence-corrected chi connectivity index (χ1v) is 11.4. The number of aromatic nitrogens is 4. The summed E-state index contributed by atoms with van der Waals surface area (Å²) >= 11 is 2.05. The molecule has 2 heterocycles. The topological polar surface area (TPSA) is 116 Å². The largest absolute Gasteiger partial charge is 0.493 e. The Balaban J connectivity index is 1.49. The number of nitrogens with zero attached hydrogens (tertiary/aromatic N) is 2. The van der Waals surface area contributed by atoms with Crippen molar-refractivity contribution in [1.82, 2.24) is 19.5 Å². The standard InChI is InChI=1S/C23H20FIN4O4/c24-17-11-14(25)3-6-16(17)18-12-26-21(27-18)23(7-8-23)29-20(31)19(28-22(29)32)13-1-4-15(5-2-13)33-10-9-30/h1-6,11-12,30-31H,7-10H2,(H,26,27)(H,28,32). The van der Waals surface area contributed by atoms with Crippen LogP contribution >= 0.6 is 22.6 Å². The molecule has 1 fully saturated rings. The van der Waals surface area contributed by atoms with Gasteiger partial charge in [0.1, 0.15) is 35.2 Å². The fourth-order valence-electron chi connectivity index (χ4n) is 3.99. The molecule has 2 aromatic heterocycles. The lowest BCUT2D eigenvalue weighted by Gasteiger charge is -2.15. The average Bonchev–Trinajstić information content (AvgIpc) is 3.32. The fourth-order valence-corrected chi connectivity index (χ4v) is 4.45. The molecule has 4 aromatic rings. The fraction of sp³-hybridized carbons (Fsp3) is 0.217. The van der Waals surface area contributed by atoms with Crippen LogP contribution in [0, 0.1) is 9.39 Å². The molecule has 1 aliphatic rings. The summed E-state index contributed by atoms with van der Waals surface area (Å²) in [5, 5.41) is 19.8. The summed E-state index contributed by atoms with van der Waals surface area (Å²) in [6.45, 7) is 0.0864. The second-order valence-electron chi connectivity index (χ2n) is 7.86. The molecule has 0 amide bonds. The van der Waals surface area contributed by atoms with Gasteiger partial charge in [-0.3, -0.25) is 0 Å². The van der Waals surface area contributed by atoms with Gasteiger partial charge in [-0.2, -0.15) is 0 Å². The highest BCUT2D eigenvalue weighted by molar-refractivity contribution is 14.1. The van der Waals surface area contributed by atoms with Crippen molar-refractivity contribution < 1.29 is 19.3 Å². The van der Waals surface area contributed by atoms with Crippen LogP contribution in [-0.4, -0.2) is 42.9 Å². The van der Waals surface area contributed by atoms with Crippen molar-refractivity contribution in [3.63, 3.8) is 0 Å². The maximum Gasteiger partial charge on any atom is 0.329 e. The Labute approximate surface area is 201 Å². The van der Waals surface area contributed by atoms with Gasteiger partial charge in [-0.1, -0.05) is 0 Å². The number of halogens is 2. The number of imidazole rings is 2. The van der Waals surface area contributed by atoms with Crippen LogP contribution < -0.4 is 10.4 Å². The van der Waals surface area contributed by atoms with E-state index in [1.54, 1.807) is 42.6 Å². The third kappa shape index (κ3) is 3.82. The zero-order valence-corrected chi connectivity index (χ0v) is 19.5. The number of ether oxygens (including phenoxy) is 1. The van der Waals surface area contributed by atoms with Gasteiger partial charge in [-0.05, 0) is 77.9 Å². The van der Waals surface area contributed by atoms with Gasteiger partial charge in [0.25, 0.3) is 0 Å². The maximum atomic E-state index is 14.4. The molecule has 0 atom stereocenters. The average molecular weight is 562 g/mol. The predicted molar refractivity (Wildman–Crippen MR) is 128 cm³/mol. The molecular formula is C23H20FIN4O4. The third-order valence-electron chi connectivity index (χ3n) is 5.76. The van der Waals surface area contributed by atoms with E-state index in [1.807, 2.05) is 22.6 Å². The number of H-pyrrole nitrogens is 2. The monoisotopic (exact) mass is 562 g/mol. The van der Waals surface area contributed by atoms with Crippen molar-refractivity contribution >= 4 is 22.6 Å². The van der Waals surface area contributed by atoms with Crippen LogP contribution in [0.2, 0.25) is 0 Å². The molecule has 2 aromatic carbocycles.